The van der Waals surface area contributed by atoms with Crippen molar-refractivity contribution in [2.45, 2.75) is 30.7 Å². The van der Waals surface area contributed by atoms with Crippen LogP contribution in [0, 0.1) is 0 Å². The molecule has 0 amide bonds. The second kappa shape index (κ2) is 9.39. The molecule has 3 aromatic heterocycles. The van der Waals surface area contributed by atoms with Crippen LogP contribution in [0.25, 0.3) is 16.9 Å². The Morgan fingerprint density at radius 3 is 2.51 bits per heavy atom. The normalized spacial score (nSPS) is 13.7. The van der Waals surface area contributed by atoms with Crippen LogP contribution in [-0.4, -0.2) is 59.7 Å². The van der Waals surface area contributed by atoms with Crippen molar-refractivity contribution in [3.63, 3.8) is 0 Å². The fourth-order valence-electron chi connectivity index (χ4n) is 3.51. The van der Waals surface area contributed by atoms with Gasteiger partial charge in [0.25, 0.3) is 5.60 Å². The first kappa shape index (κ1) is 26.5. The minimum atomic E-state index is -6.07. The summed E-state index contributed by atoms with van der Waals surface area (Å²) in [5, 5.41) is 31.1. The highest BCUT2D eigenvalue weighted by atomic mass is 35.5. The highest BCUT2D eigenvalue weighted by Gasteiger charge is 2.70. The number of fused-ring (bicyclic) bond motifs is 1. The molecular formula is C21H17ClF6N6O3. The van der Waals surface area contributed by atoms with E-state index >= 15 is 0 Å². The van der Waals surface area contributed by atoms with Crippen LogP contribution in [0.1, 0.15) is 11.8 Å². The summed E-state index contributed by atoms with van der Waals surface area (Å²) in [6.45, 7) is -2.02. The predicted molar refractivity (Wildman–Crippen MR) is 118 cm³/mol. The van der Waals surface area contributed by atoms with Crippen LogP contribution < -0.4 is 10.1 Å². The molecule has 1 atom stereocenters. The summed E-state index contributed by atoms with van der Waals surface area (Å²) >= 11 is 6.04. The van der Waals surface area contributed by atoms with Gasteiger partial charge in [0, 0.05) is 29.2 Å². The smallest absolute Gasteiger partial charge is 0.428 e. The topological polar surface area (TPSA) is 110 Å². The van der Waals surface area contributed by atoms with E-state index in [1.807, 2.05) is 0 Å². The number of benzene rings is 1. The summed E-state index contributed by atoms with van der Waals surface area (Å²) in [4.78, 5) is 4.09. The van der Waals surface area contributed by atoms with Crippen molar-refractivity contribution in [3.05, 3.63) is 59.6 Å². The standard InChI is InChI=1S/C21H17ClF6N6O3/c1-37-15-4-3-11(22)7-12(15)16-14(31-18(35)13-8-30-34-6-2-5-29-17(13)34)9-33(32-16)10-19(36,20(23,24)25)21(26,27)28/h2-9,18,31,35-36H,10H2,1H3. The third-order valence-corrected chi connectivity index (χ3v) is 5.64. The van der Waals surface area contributed by atoms with Gasteiger partial charge < -0.3 is 20.3 Å². The fourth-order valence-corrected chi connectivity index (χ4v) is 3.68. The predicted octanol–water partition coefficient (Wildman–Crippen LogP) is 4.21. The third kappa shape index (κ3) is 4.89. The maximum atomic E-state index is 13.3. The molecule has 0 aliphatic rings. The lowest BCUT2D eigenvalue weighted by molar-refractivity contribution is -0.372. The van der Waals surface area contributed by atoms with Crippen LogP contribution in [0.3, 0.4) is 0 Å². The number of aliphatic hydroxyl groups is 2. The SMILES string of the molecule is COc1ccc(Cl)cc1-c1nn(CC(O)(C(F)(F)F)C(F)(F)F)cc1NC(O)c1cnn2cccnc12. The zero-order chi connectivity index (χ0) is 27.2. The highest BCUT2D eigenvalue weighted by molar-refractivity contribution is 6.31. The van der Waals surface area contributed by atoms with Crippen molar-refractivity contribution in [3.8, 4) is 17.0 Å². The van der Waals surface area contributed by atoms with Gasteiger partial charge in [0.05, 0.1) is 31.1 Å². The lowest BCUT2D eigenvalue weighted by Gasteiger charge is -2.32. The van der Waals surface area contributed by atoms with Gasteiger partial charge in [-0.25, -0.2) is 9.50 Å². The van der Waals surface area contributed by atoms with E-state index < -0.39 is 30.7 Å². The van der Waals surface area contributed by atoms with Crippen molar-refractivity contribution >= 4 is 22.9 Å². The summed E-state index contributed by atoms with van der Waals surface area (Å²) < 4.78 is 86.7. The molecule has 16 heteroatoms. The number of aromatic nitrogens is 5. The largest absolute Gasteiger partial charge is 0.496 e. The van der Waals surface area contributed by atoms with Crippen molar-refractivity contribution in [2.24, 2.45) is 0 Å². The Morgan fingerprint density at radius 2 is 1.86 bits per heavy atom. The molecule has 3 N–H and O–H groups in total. The van der Waals surface area contributed by atoms with E-state index in [1.54, 1.807) is 12.3 Å². The lowest BCUT2D eigenvalue weighted by atomic mass is 10.0. The van der Waals surface area contributed by atoms with Gasteiger partial charge in [0.1, 0.15) is 11.4 Å². The van der Waals surface area contributed by atoms with Crippen molar-refractivity contribution in [1.82, 2.24) is 24.4 Å². The van der Waals surface area contributed by atoms with E-state index in [-0.39, 0.29) is 43.6 Å². The Hall–Kier alpha value is -3.56. The number of halogens is 7. The zero-order valence-corrected chi connectivity index (χ0v) is 19.3. The molecule has 198 valence electrons. The first-order chi connectivity index (χ1) is 17.2. The van der Waals surface area contributed by atoms with Crippen molar-refractivity contribution in [2.75, 3.05) is 12.4 Å². The molecule has 0 fully saturated rings. The number of aliphatic hydroxyl groups excluding tert-OH is 1. The molecule has 1 aromatic carbocycles. The Morgan fingerprint density at radius 1 is 1.16 bits per heavy atom. The first-order valence-corrected chi connectivity index (χ1v) is 10.6. The second-order valence-electron chi connectivity index (χ2n) is 7.82. The molecule has 0 aliphatic heterocycles. The summed E-state index contributed by atoms with van der Waals surface area (Å²) in [6.07, 6.45) is -8.67. The molecule has 0 saturated carbocycles. The molecule has 4 aromatic rings. The number of rotatable bonds is 7. The number of hydrogen-bond donors (Lipinski definition) is 3. The van der Waals surface area contributed by atoms with Gasteiger partial charge in [-0.2, -0.15) is 36.5 Å². The van der Waals surface area contributed by atoms with Gasteiger partial charge in [-0.15, -0.1) is 0 Å². The van der Waals surface area contributed by atoms with Crippen molar-refractivity contribution in [1.29, 1.82) is 0 Å². The van der Waals surface area contributed by atoms with Crippen LogP contribution in [0.2, 0.25) is 5.02 Å². The maximum absolute atomic E-state index is 13.3. The monoisotopic (exact) mass is 550 g/mol. The maximum Gasteiger partial charge on any atom is 0.428 e. The molecule has 9 nitrogen and oxygen atoms in total. The van der Waals surface area contributed by atoms with Gasteiger partial charge in [0.15, 0.2) is 11.9 Å². The Balaban J connectivity index is 1.81. The number of nitrogens with one attached hydrogen (secondary N) is 1. The number of hydrogen-bond acceptors (Lipinski definition) is 7. The molecule has 0 aliphatic carbocycles. The van der Waals surface area contributed by atoms with E-state index in [2.05, 4.69) is 20.5 Å². The summed E-state index contributed by atoms with van der Waals surface area (Å²) in [5.74, 6) is 0.131. The molecule has 0 radical (unpaired) electrons. The third-order valence-electron chi connectivity index (χ3n) is 5.40. The average molecular weight is 551 g/mol. The molecular weight excluding hydrogens is 534 g/mol. The van der Waals surface area contributed by atoms with Gasteiger partial charge in [-0.05, 0) is 24.3 Å². The van der Waals surface area contributed by atoms with Gasteiger partial charge in [0.2, 0.25) is 0 Å². The summed E-state index contributed by atoms with van der Waals surface area (Å²) in [7, 11) is 1.28. The molecule has 4 rings (SSSR count). The number of ether oxygens (including phenoxy) is 1. The molecule has 0 spiro atoms. The second-order valence-corrected chi connectivity index (χ2v) is 8.26. The van der Waals surface area contributed by atoms with E-state index in [4.69, 9.17) is 16.3 Å². The zero-order valence-electron chi connectivity index (χ0n) is 18.6. The van der Waals surface area contributed by atoms with Gasteiger partial charge in [-0.3, -0.25) is 4.68 Å². The quantitative estimate of drug-likeness (QED) is 0.234. The molecule has 0 bridgehead atoms. The highest BCUT2D eigenvalue weighted by Crippen LogP contribution is 2.45. The van der Waals surface area contributed by atoms with E-state index in [0.717, 1.165) is 6.20 Å². The Bertz CT molecular complexity index is 1410. The molecule has 3 heterocycles. The minimum Gasteiger partial charge on any atom is -0.496 e. The molecule has 1 unspecified atom stereocenters. The molecule has 0 saturated heterocycles. The Labute approximate surface area is 208 Å². The number of alkyl halides is 6. The van der Waals surface area contributed by atoms with E-state index in [0.29, 0.717) is 0 Å². The van der Waals surface area contributed by atoms with Crippen LogP contribution in [0.4, 0.5) is 32.0 Å². The van der Waals surface area contributed by atoms with E-state index in [9.17, 15) is 36.6 Å². The van der Waals surface area contributed by atoms with Gasteiger partial charge >= 0.3 is 12.4 Å². The first-order valence-electron chi connectivity index (χ1n) is 10.2. The van der Waals surface area contributed by atoms with Crippen LogP contribution in [0.15, 0.2) is 49.1 Å². The summed E-state index contributed by atoms with van der Waals surface area (Å²) in [5.41, 5.74) is -5.04. The summed E-state index contributed by atoms with van der Waals surface area (Å²) in [6, 6.07) is 5.76. The number of anilines is 1. The van der Waals surface area contributed by atoms with E-state index in [1.165, 1.54) is 42.2 Å². The van der Waals surface area contributed by atoms with Gasteiger partial charge in [-0.1, -0.05) is 11.6 Å². The van der Waals surface area contributed by atoms with Crippen LogP contribution in [-0.2, 0) is 6.54 Å². The van der Waals surface area contributed by atoms with Crippen LogP contribution in [0.5, 0.6) is 5.75 Å². The average Bonchev–Trinajstić information content (AvgIpc) is 3.41. The van der Waals surface area contributed by atoms with Crippen molar-refractivity contribution < 1.29 is 41.3 Å². The number of nitrogens with zero attached hydrogens (tertiary/aromatic N) is 5. The Kier molecular flexibility index (Phi) is 6.73. The molecule has 37 heavy (non-hydrogen) atoms. The fraction of sp³-hybridized carbons (Fsp3) is 0.286. The van der Waals surface area contributed by atoms with Crippen LogP contribution >= 0.6 is 11.6 Å². The number of methoxy groups -OCH3 is 1. The lowest BCUT2D eigenvalue weighted by Crippen LogP contribution is -2.59. The minimum absolute atomic E-state index is 0.0870.